The van der Waals surface area contributed by atoms with E-state index in [0.29, 0.717) is 0 Å². The Bertz CT molecular complexity index is 572. The van der Waals surface area contributed by atoms with Crippen molar-refractivity contribution in [2.75, 3.05) is 26.7 Å². The standard InChI is InChI=1S/C19H27NO4/c1-19(2,18(23)24-3)16-6-4-14(5-7-16)8-11-20-12-9-15(10-13-20)17(21)22/h4-7,15H,8-13H2,1-3H3,(H,21,22). The Morgan fingerprint density at radius 1 is 1.21 bits per heavy atom. The average molecular weight is 333 g/mol. The third-order valence-electron chi connectivity index (χ3n) is 5.02. The third-order valence-corrected chi connectivity index (χ3v) is 5.02. The fourth-order valence-corrected chi connectivity index (χ4v) is 3.15. The Morgan fingerprint density at radius 2 is 1.79 bits per heavy atom. The van der Waals surface area contributed by atoms with E-state index in [1.54, 1.807) is 0 Å². The lowest BCUT2D eigenvalue weighted by molar-refractivity contribution is -0.146. The molecule has 1 aromatic carbocycles. The van der Waals surface area contributed by atoms with Crippen LogP contribution in [0.5, 0.6) is 0 Å². The summed E-state index contributed by atoms with van der Waals surface area (Å²) in [5.41, 5.74) is 1.52. The Kier molecular flexibility index (Phi) is 5.99. The number of nitrogens with zero attached hydrogens (tertiary/aromatic N) is 1. The van der Waals surface area contributed by atoms with Gasteiger partial charge in [-0.3, -0.25) is 9.59 Å². The minimum Gasteiger partial charge on any atom is -0.481 e. The fraction of sp³-hybridized carbons (Fsp3) is 0.579. The molecule has 132 valence electrons. The van der Waals surface area contributed by atoms with Crippen molar-refractivity contribution in [2.45, 2.75) is 38.5 Å². The van der Waals surface area contributed by atoms with Gasteiger partial charge in [-0.05, 0) is 57.3 Å². The summed E-state index contributed by atoms with van der Waals surface area (Å²) >= 11 is 0. The molecular formula is C19H27NO4. The molecule has 1 N–H and O–H groups in total. The van der Waals surface area contributed by atoms with E-state index in [1.165, 1.54) is 12.7 Å². The molecule has 0 amide bonds. The van der Waals surface area contributed by atoms with E-state index in [4.69, 9.17) is 9.84 Å². The molecule has 0 saturated carbocycles. The summed E-state index contributed by atoms with van der Waals surface area (Å²) in [5, 5.41) is 9.03. The average Bonchev–Trinajstić information content (AvgIpc) is 2.59. The molecule has 5 heteroatoms. The van der Waals surface area contributed by atoms with Gasteiger partial charge < -0.3 is 14.7 Å². The number of carbonyl (C=O) groups excluding carboxylic acids is 1. The number of esters is 1. The number of likely N-dealkylation sites (tertiary alicyclic amines) is 1. The second kappa shape index (κ2) is 7.79. The van der Waals surface area contributed by atoms with E-state index < -0.39 is 11.4 Å². The van der Waals surface area contributed by atoms with Gasteiger partial charge in [0.25, 0.3) is 0 Å². The van der Waals surface area contributed by atoms with Crippen molar-refractivity contribution < 1.29 is 19.4 Å². The lowest BCUT2D eigenvalue weighted by atomic mass is 9.84. The zero-order chi connectivity index (χ0) is 17.7. The van der Waals surface area contributed by atoms with Crippen LogP contribution in [0.25, 0.3) is 0 Å². The molecule has 1 saturated heterocycles. The number of hydrogen-bond acceptors (Lipinski definition) is 4. The maximum Gasteiger partial charge on any atom is 0.315 e. The van der Waals surface area contributed by atoms with Gasteiger partial charge in [-0.2, -0.15) is 0 Å². The van der Waals surface area contributed by atoms with E-state index in [0.717, 1.165) is 44.5 Å². The number of aliphatic carboxylic acids is 1. The molecule has 1 fully saturated rings. The quantitative estimate of drug-likeness (QED) is 0.810. The summed E-state index contributed by atoms with van der Waals surface area (Å²) in [6.07, 6.45) is 2.40. The highest BCUT2D eigenvalue weighted by Crippen LogP contribution is 2.25. The van der Waals surface area contributed by atoms with Gasteiger partial charge in [-0.15, -0.1) is 0 Å². The number of hydrogen-bond donors (Lipinski definition) is 1. The minimum atomic E-state index is -0.668. The van der Waals surface area contributed by atoms with Crippen LogP contribution >= 0.6 is 0 Å². The molecule has 1 aliphatic rings. The van der Waals surface area contributed by atoms with Gasteiger partial charge in [0.15, 0.2) is 0 Å². The van der Waals surface area contributed by atoms with Gasteiger partial charge in [0.05, 0.1) is 18.4 Å². The first-order valence-electron chi connectivity index (χ1n) is 8.47. The van der Waals surface area contributed by atoms with Crippen molar-refractivity contribution in [2.24, 2.45) is 5.92 Å². The van der Waals surface area contributed by atoms with Crippen LogP contribution in [0.15, 0.2) is 24.3 Å². The number of rotatable bonds is 6. The number of carbonyl (C=O) groups is 2. The Balaban J connectivity index is 1.87. The van der Waals surface area contributed by atoms with Crippen molar-refractivity contribution >= 4 is 11.9 Å². The predicted octanol–water partition coefficient (Wildman–Crippen LogP) is 2.48. The second-order valence-electron chi connectivity index (χ2n) is 7.02. The van der Waals surface area contributed by atoms with Gasteiger partial charge in [-0.25, -0.2) is 0 Å². The molecule has 24 heavy (non-hydrogen) atoms. The predicted molar refractivity (Wildman–Crippen MR) is 92.0 cm³/mol. The second-order valence-corrected chi connectivity index (χ2v) is 7.02. The molecule has 0 radical (unpaired) electrons. The SMILES string of the molecule is COC(=O)C(C)(C)c1ccc(CCN2CCC(C(=O)O)CC2)cc1. The number of piperidine rings is 1. The Labute approximate surface area is 143 Å². The van der Waals surface area contributed by atoms with Crippen molar-refractivity contribution in [1.82, 2.24) is 4.90 Å². The number of carboxylic acids is 1. The first-order valence-corrected chi connectivity index (χ1v) is 8.47. The topological polar surface area (TPSA) is 66.8 Å². The molecule has 5 nitrogen and oxygen atoms in total. The fourth-order valence-electron chi connectivity index (χ4n) is 3.15. The van der Waals surface area contributed by atoms with Gasteiger partial charge in [-0.1, -0.05) is 24.3 Å². The van der Waals surface area contributed by atoms with Crippen LogP contribution in [0.4, 0.5) is 0 Å². The summed E-state index contributed by atoms with van der Waals surface area (Å²) in [6, 6.07) is 8.10. The molecular weight excluding hydrogens is 306 g/mol. The van der Waals surface area contributed by atoms with Crippen LogP contribution in [-0.2, 0) is 26.2 Å². The zero-order valence-corrected chi connectivity index (χ0v) is 14.7. The van der Waals surface area contributed by atoms with Gasteiger partial charge >= 0.3 is 11.9 Å². The molecule has 0 atom stereocenters. The van der Waals surface area contributed by atoms with Crippen molar-refractivity contribution in [3.63, 3.8) is 0 Å². The van der Waals surface area contributed by atoms with E-state index in [-0.39, 0.29) is 11.9 Å². The van der Waals surface area contributed by atoms with E-state index in [9.17, 15) is 9.59 Å². The van der Waals surface area contributed by atoms with E-state index in [2.05, 4.69) is 17.0 Å². The highest BCUT2D eigenvalue weighted by molar-refractivity contribution is 5.82. The Hall–Kier alpha value is -1.88. The molecule has 0 unspecified atom stereocenters. The smallest absolute Gasteiger partial charge is 0.315 e. The number of benzene rings is 1. The lowest BCUT2D eigenvalue weighted by Gasteiger charge is -2.30. The summed E-state index contributed by atoms with van der Waals surface area (Å²) in [6.45, 7) is 6.36. The maximum atomic E-state index is 11.9. The van der Waals surface area contributed by atoms with Gasteiger partial charge in [0.1, 0.15) is 0 Å². The van der Waals surface area contributed by atoms with Crippen LogP contribution in [0.1, 0.15) is 37.8 Å². The van der Waals surface area contributed by atoms with Gasteiger partial charge in [0.2, 0.25) is 0 Å². The summed E-state index contributed by atoms with van der Waals surface area (Å²) in [5.74, 6) is -1.09. The van der Waals surface area contributed by atoms with Crippen LogP contribution in [-0.4, -0.2) is 48.7 Å². The zero-order valence-electron chi connectivity index (χ0n) is 14.7. The minimum absolute atomic E-state index is 0.180. The van der Waals surface area contributed by atoms with Crippen LogP contribution in [0.3, 0.4) is 0 Å². The van der Waals surface area contributed by atoms with Crippen LogP contribution in [0, 0.1) is 5.92 Å². The summed E-state index contributed by atoms with van der Waals surface area (Å²) < 4.78 is 4.86. The Morgan fingerprint density at radius 3 is 2.29 bits per heavy atom. The first kappa shape index (κ1) is 18.5. The number of ether oxygens (including phenoxy) is 1. The molecule has 1 aromatic rings. The summed E-state index contributed by atoms with van der Waals surface area (Å²) in [7, 11) is 1.41. The molecule has 0 bridgehead atoms. The largest absolute Gasteiger partial charge is 0.481 e. The van der Waals surface area contributed by atoms with Crippen molar-refractivity contribution in [1.29, 1.82) is 0 Å². The molecule has 1 heterocycles. The normalized spacial score (nSPS) is 16.8. The van der Waals surface area contributed by atoms with E-state index in [1.807, 2.05) is 26.0 Å². The first-order chi connectivity index (χ1) is 11.3. The molecule has 2 rings (SSSR count). The van der Waals surface area contributed by atoms with Crippen LogP contribution < -0.4 is 0 Å². The molecule has 1 aliphatic heterocycles. The number of carboxylic acid groups (broad SMARTS) is 1. The maximum absolute atomic E-state index is 11.9. The molecule has 0 aromatic heterocycles. The van der Waals surface area contributed by atoms with Crippen LogP contribution in [0.2, 0.25) is 0 Å². The van der Waals surface area contributed by atoms with Crippen molar-refractivity contribution in [3.8, 4) is 0 Å². The monoisotopic (exact) mass is 333 g/mol. The van der Waals surface area contributed by atoms with Gasteiger partial charge in [0, 0.05) is 6.54 Å². The highest BCUT2D eigenvalue weighted by atomic mass is 16.5. The molecule has 0 spiro atoms. The summed E-state index contributed by atoms with van der Waals surface area (Å²) in [4.78, 5) is 25.2. The van der Waals surface area contributed by atoms with Crippen molar-refractivity contribution in [3.05, 3.63) is 35.4 Å². The van der Waals surface area contributed by atoms with E-state index >= 15 is 0 Å². The third kappa shape index (κ3) is 4.35. The lowest BCUT2D eigenvalue weighted by Crippen LogP contribution is -2.37. The highest BCUT2D eigenvalue weighted by Gasteiger charge is 2.30. The number of methoxy groups -OCH3 is 1. The molecule has 0 aliphatic carbocycles.